The van der Waals surface area contributed by atoms with Gasteiger partial charge in [-0.2, -0.15) is 0 Å². The van der Waals surface area contributed by atoms with E-state index in [4.69, 9.17) is 0 Å². The molecule has 0 bridgehead atoms. The number of hydrogen-bond acceptors (Lipinski definition) is 0. The van der Waals surface area contributed by atoms with Crippen LogP contribution in [0.25, 0.3) is 0 Å². The molecule has 0 radical (unpaired) electrons. The molecule has 0 aliphatic heterocycles. The Labute approximate surface area is 202 Å². The Morgan fingerprint density at radius 2 is 0.969 bits per heavy atom. The van der Waals surface area contributed by atoms with Crippen LogP contribution < -0.4 is 10.4 Å². The zero-order valence-electron chi connectivity index (χ0n) is 18.8. The van der Waals surface area contributed by atoms with Crippen LogP contribution in [0.1, 0.15) is 25.7 Å². The summed E-state index contributed by atoms with van der Waals surface area (Å²) in [6, 6.07) is 23.6. The summed E-state index contributed by atoms with van der Waals surface area (Å²) in [4.78, 5) is 0. The van der Waals surface area contributed by atoms with E-state index in [-0.39, 0.29) is 0 Å². The monoisotopic (exact) mass is 511 g/mol. The minimum absolute atomic E-state index is 0.806. The molecule has 0 spiro atoms. The summed E-state index contributed by atoms with van der Waals surface area (Å²) in [6.07, 6.45) is 25.5. The second-order valence-corrected chi connectivity index (χ2v) is 26.6. The molecule has 0 aromatic heterocycles. The van der Waals surface area contributed by atoms with Gasteiger partial charge in [-0.25, -0.2) is 0 Å². The molecule has 2 aromatic carbocycles. The molecule has 6 rings (SSSR count). The van der Waals surface area contributed by atoms with Crippen LogP contribution in [0, 0.1) is 23.7 Å². The maximum atomic E-state index is 2.62. The van der Waals surface area contributed by atoms with Gasteiger partial charge in [-0.05, 0) is 0 Å². The molecule has 2 aromatic rings. The van der Waals surface area contributed by atoms with E-state index in [1.165, 1.54) is 25.7 Å². The molecule has 0 saturated heterocycles. The molecule has 4 aliphatic rings. The normalized spacial score (nSPS) is 32.3. The summed E-state index contributed by atoms with van der Waals surface area (Å²) < 4.78 is 2.01. The Hall–Kier alpha value is -1.50. The van der Waals surface area contributed by atoms with Gasteiger partial charge in [0, 0.05) is 0 Å². The van der Waals surface area contributed by atoms with Crippen molar-refractivity contribution in [1.29, 1.82) is 0 Å². The van der Waals surface area contributed by atoms with Gasteiger partial charge in [0.2, 0.25) is 0 Å². The Morgan fingerprint density at radius 1 is 0.531 bits per heavy atom. The molecule has 0 N–H and O–H groups in total. The molecule has 161 valence electrons. The predicted molar refractivity (Wildman–Crippen MR) is 136 cm³/mol. The SMILES string of the molecule is C1=CC2CC[CH]([Zr]([CH]3CCC4C=CC=CC43)[SiH](c3ccccc3)c3ccccc3)C2C=C1. The van der Waals surface area contributed by atoms with Gasteiger partial charge in [0.25, 0.3) is 0 Å². The quantitative estimate of drug-likeness (QED) is 0.430. The molecule has 0 nitrogen and oxygen atoms in total. The Bertz CT molecular complexity index is 954. The Balaban J connectivity index is 1.48. The summed E-state index contributed by atoms with van der Waals surface area (Å²) in [5.41, 5.74) is 0. The Morgan fingerprint density at radius 3 is 1.44 bits per heavy atom. The molecule has 2 saturated carbocycles. The van der Waals surface area contributed by atoms with Crippen LogP contribution in [0.2, 0.25) is 7.25 Å². The molecule has 0 amide bonds. The first-order valence-electron chi connectivity index (χ1n) is 12.6. The first-order chi connectivity index (χ1) is 15.9. The summed E-state index contributed by atoms with van der Waals surface area (Å²) in [7, 11) is 0. The van der Waals surface area contributed by atoms with Crippen LogP contribution in [0.15, 0.2) is 109 Å². The van der Waals surface area contributed by atoms with E-state index in [0.717, 1.165) is 30.9 Å². The fraction of sp³-hybridized carbons (Fsp3) is 0.333. The van der Waals surface area contributed by atoms with Crippen molar-refractivity contribution < 1.29 is 20.9 Å². The second-order valence-electron chi connectivity index (χ2n) is 10.1. The van der Waals surface area contributed by atoms with Gasteiger partial charge < -0.3 is 0 Å². The standard InChI is InChI=1S/C12H11Si.2C9H11.Zr/c1-3-7-11(8-4-1)13-12-9-5-2-6-10-12;2*1-2-5-9-7-3-6-8(9)4-1;/h1-10,13H;2*1-2,4-6,8-9H,3,7H2;. The summed E-state index contributed by atoms with van der Waals surface area (Å²) in [5.74, 6) is 2.03. The van der Waals surface area contributed by atoms with Crippen molar-refractivity contribution in [2.24, 2.45) is 23.7 Å². The van der Waals surface area contributed by atoms with Gasteiger partial charge >= 0.3 is 203 Å². The average molecular weight is 513 g/mol. The van der Waals surface area contributed by atoms with Crippen LogP contribution in [0.5, 0.6) is 0 Å². The van der Waals surface area contributed by atoms with Gasteiger partial charge in [-0.1, -0.05) is 0 Å². The third-order valence-corrected chi connectivity index (χ3v) is 33.8. The van der Waals surface area contributed by atoms with E-state index in [2.05, 4.69) is 109 Å². The number of allylic oxidation sites excluding steroid dienone is 8. The van der Waals surface area contributed by atoms with E-state index in [9.17, 15) is 0 Å². The number of fused-ring (bicyclic) bond motifs is 2. The topological polar surface area (TPSA) is 0 Å². The van der Waals surface area contributed by atoms with Crippen LogP contribution in [-0.4, -0.2) is 5.92 Å². The zero-order chi connectivity index (χ0) is 21.3. The predicted octanol–water partition coefficient (Wildman–Crippen LogP) is 6.02. The number of benzene rings is 2. The summed E-state index contributed by atoms with van der Waals surface area (Å²) >= 11 is -1.93. The maximum absolute atomic E-state index is 2.62. The molecular formula is C30H33SiZr. The molecule has 2 heteroatoms. The third kappa shape index (κ3) is 3.88. The summed E-state index contributed by atoms with van der Waals surface area (Å²) in [6.45, 7) is 0. The van der Waals surface area contributed by atoms with Crippen LogP contribution in [0.3, 0.4) is 0 Å². The van der Waals surface area contributed by atoms with E-state index in [1.807, 2.05) is 0 Å². The molecular weight excluding hydrogens is 480 g/mol. The van der Waals surface area contributed by atoms with Crippen molar-refractivity contribution in [2.75, 3.05) is 0 Å². The van der Waals surface area contributed by atoms with Crippen molar-refractivity contribution >= 4 is 16.3 Å². The van der Waals surface area contributed by atoms with Crippen LogP contribution in [-0.2, 0) is 20.9 Å². The Kier molecular flexibility index (Phi) is 6.18. The second kappa shape index (κ2) is 9.40. The van der Waals surface area contributed by atoms with Crippen LogP contribution in [0.4, 0.5) is 0 Å². The zero-order valence-corrected chi connectivity index (χ0v) is 22.4. The van der Waals surface area contributed by atoms with Crippen LogP contribution >= 0.6 is 0 Å². The van der Waals surface area contributed by atoms with Crippen molar-refractivity contribution in [2.45, 2.75) is 32.9 Å². The average Bonchev–Trinajstić information content (AvgIpc) is 3.48. The summed E-state index contributed by atoms with van der Waals surface area (Å²) in [5, 5.41) is 3.45. The number of rotatable bonds is 5. The first kappa shape index (κ1) is 21.1. The first-order valence-corrected chi connectivity index (χ1v) is 21.4. The van der Waals surface area contributed by atoms with Gasteiger partial charge in [0.05, 0.1) is 0 Å². The van der Waals surface area contributed by atoms with Crippen molar-refractivity contribution in [1.82, 2.24) is 0 Å². The molecule has 32 heavy (non-hydrogen) atoms. The third-order valence-electron chi connectivity index (χ3n) is 8.60. The van der Waals surface area contributed by atoms with E-state index in [0.29, 0.717) is 0 Å². The molecule has 4 aliphatic carbocycles. The van der Waals surface area contributed by atoms with Crippen molar-refractivity contribution in [3.05, 3.63) is 109 Å². The number of hydrogen-bond donors (Lipinski definition) is 0. The van der Waals surface area contributed by atoms with Gasteiger partial charge in [-0.3, -0.25) is 0 Å². The van der Waals surface area contributed by atoms with Crippen molar-refractivity contribution in [3.63, 3.8) is 0 Å². The molecule has 6 unspecified atom stereocenters. The molecule has 2 fully saturated rings. The van der Waals surface area contributed by atoms with Gasteiger partial charge in [0.1, 0.15) is 0 Å². The minimum atomic E-state index is -1.93. The molecule has 6 atom stereocenters. The fourth-order valence-corrected chi connectivity index (χ4v) is 37.7. The van der Waals surface area contributed by atoms with E-state index in [1.54, 1.807) is 10.4 Å². The van der Waals surface area contributed by atoms with Gasteiger partial charge in [0.15, 0.2) is 0 Å². The van der Waals surface area contributed by atoms with Gasteiger partial charge in [-0.15, -0.1) is 0 Å². The molecule has 0 heterocycles. The van der Waals surface area contributed by atoms with E-state index >= 15 is 0 Å². The van der Waals surface area contributed by atoms with Crippen molar-refractivity contribution in [3.8, 4) is 0 Å². The van der Waals surface area contributed by atoms with E-state index < -0.39 is 26.8 Å². The fourth-order valence-electron chi connectivity index (χ4n) is 7.26.